The summed E-state index contributed by atoms with van der Waals surface area (Å²) in [6, 6.07) is 2.81. The smallest absolute Gasteiger partial charge is 0.395 e. The zero-order valence-corrected chi connectivity index (χ0v) is 11.4. The fraction of sp³-hybridized carbons (Fsp3) is 0.462. The summed E-state index contributed by atoms with van der Waals surface area (Å²) in [4.78, 5) is 13.4. The number of benzene rings is 1. The Morgan fingerprint density at radius 1 is 1.24 bits per heavy atom. The summed E-state index contributed by atoms with van der Waals surface area (Å²) < 4.78 is 38.2. The second kappa shape index (κ2) is 7.28. The van der Waals surface area contributed by atoms with Gasteiger partial charge < -0.3 is 20.4 Å². The highest BCUT2D eigenvalue weighted by Gasteiger charge is 2.32. The van der Waals surface area contributed by atoms with E-state index in [9.17, 15) is 18.0 Å². The van der Waals surface area contributed by atoms with E-state index in [1.54, 1.807) is 0 Å². The lowest BCUT2D eigenvalue weighted by atomic mass is 10.1. The molecule has 0 bridgehead atoms. The van der Waals surface area contributed by atoms with Crippen LogP contribution in [0.5, 0.6) is 0 Å². The molecule has 0 saturated heterocycles. The van der Waals surface area contributed by atoms with Gasteiger partial charge in [-0.3, -0.25) is 4.79 Å². The first-order valence-corrected chi connectivity index (χ1v) is 6.25. The maximum Gasteiger partial charge on any atom is 0.416 e. The molecular weight excluding hydrogens is 289 g/mol. The van der Waals surface area contributed by atoms with Crippen LogP contribution >= 0.6 is 0 Å². The van der Waals surface area contributed by atoms with Gasteiger partial charge in [0.05, 0.1) is 24.3 Å². The van der Waals surface area contributed by atoms with Crippen LogP contribution in [0.15, 0.2) is 18.2 Å². The van der Waals surface area contributed by atoms with E-state index in [-0.39, 0.29) is 37.6 Å². The van der Waals surface area contributed by atoms with Crippen LogP contribution in [-0.4, -0.2) is 54.4 Å². The molecule has 118 valence electrons. The molecule has 21 heavy (non-hydrogen) atoms. The maximum absolute atomic E-state index is 12.7. The molecule has 3 N–H and O–H groups in total. The summed E-state index contributed by atoms with van der Waals surface area (Å²) >= 11 is 0. The first-order valence-electron chi connectivity index (χ1n) is 6.25. The molecule has 0 aliphatic heterocycles. The van der Waals surface area contributed by atoms with Gasteiger partial charge in [-0.2, -0.15) is 13.2 Å². The molecule has 0 atom stereocenters. The lowest BCUT2D eigenvalue weighted by Crippen LogP contribution is -2.36. The molecule has 0 heterocycles. The molecule has 0 aliphatic rings. The summed E-state index contributed by atoms with van der Waals surface area (Å²) in [5, 5.41) is 20.5. The van der Waals surface area contributed by atoms with E-state index in [1.807, 2.05) is 0 Å². The first kappa shape index (κ1) is 17.3. The van der Waals surface area contributed by atoms with E-state index < -0.39 is 17.6 Å². The largest absolute Gasteiger partial charge is 0.416 e. The minimum Gasteiger partial charge on any atom is -0.395 e. The third-order valence-corrected chi connectivity index (χ3v) is 2.87. The van der Waals surface area contributed by atoms with Crippen LogP contribution in [0.25, 0.3) is 0 Å². The quantitative estimate of drug-likeness (QED) is 0.738. The van der Waals surface area contributed by atoms with E-state index in [4.69, 9.17) is 10.2 Å². The molecule has 0 spiro atoms. The van der Waals surface area contributed by atoms with Crippen molar-refractivity contribution in [3.8, 4) is 0 Å². The number of aliphatic hydroxyl groups is 2. The Morgan fingerprint density at radius 3 is 2.24 bits per heavy atom. The Bertz CT molecular complexity index is 486. The summed E-state index contributed by atoms with van der Waals surface area (Å²) in [5.41, 5.74) is -0.846. The lowest BCUT2D eigenvalue weighted by Gasteiger charge is -2.22. The van der Waals surface area contributed by atoms with Gasteiger partial charge >= 0.3 is 6.18 Å². The minimum absolute atomic E-state index is 0.0706. The molecule has 8 heteroatoms. The Balaban J connectivity index is 3.21. The maximum atomic E-state index is 12.7. The molecular formula is C13H17F3N2O3. The zero-order valence-electron chi connectivity index (χ0n) is 11.4. The Kier molecular flexibility index (Phi) is 5.98. The number of carbonyl (C=O) groups excluding carboxylic acids is 1. The number of anilines is 1. The van der Waals surface area contributed by atoms with Crippen molar-refractivity contribution in [1.82, 2.24) is 4.90 Å². The summed E-state index contributed by atoms with van der Waals surface area (Å²) in [6.07, 6.45) is -4.56. The van der Waals surface area contributed by atoms with Crippen LogP contribution in [0.2, 0.25) is 0 Å². The van der Waals surface area contributed by atoms with Crippen molar-refractivity contribution >= 4 is 11.6 Å². The molecule has 1 rings (SSSR count). The number of aliphatic hydroxyl groups excluding tert-OH is 2. The highest BCUT2D eigenvalue weighted by Crippen LogP contribution is 2.32. The van der Waals surface area contributed by atoms with Gasteiger partial charge in [-0.05, 0) is 18.2 Å². The number of halogens is 3. The van der Waals surface area contributed by atoms with Gasteiger partial charge in [-0.25, -0.2) is 0 Å². The Labute approximate surface area is 120 Å². The molecule has 0 unspecified atom stereocenters. The number of nitrogens with zero attached hydrogens (tertiary/aromatic N) is 1. The molecule has 1 aromatic rings. The molecule has 0 aliphatic carbocycles. The van der Waals surface area contributed by atoms with Crippen LogP contribution in [0.4, 0.5) is 18.9 Å². The zero-order chi connectivity index (χ0) is 16.0. The van der Waals surface area contributed by atoms with Crippen LogP contribution in [-0.2, 0) is 6.18 Å². The summed E-state index contributed by atoms with van der Waals surface area (Å²) in [5.74, 6) is -0.687. The number of hydrogen-bond acceptors (Lipinski definition) is 4. The Morgan fingerprint density at radius 2 is 1.81 bits per heavy atom. The predicted molar refractivity (Wildman–Crippen MR) is 71.1 cm³/mol. The van der Waals surface area contributed by atoms with Crippen LogP contribution in [0.1, 0.15) is 15.9 Å². The highest BCUT2D eigenvalue weighted by molar-refractivity contribution is 5.99. The van der Waals surface area contributed by atoms with Crippen molar-refractivity contribution < 1.29 is 28.2 Å². The number of rotatable bonds is 6. The van der Waals surface area contributed by atoms with Gasteiger partial charge in [0, 0.05) is 25.8 Å². The third kappa shape index (κ3) is 4.33. The third-order valence-electron chi connectivity index (χ3n) is 2.87. The van der Waals surface area contributed by atoms with Gasteiger partial charge in [0.15, 0.2) is 0 Å². The normalized spacial score (nSPS) is 11.3. The van der Waals surface area contributed by atoms with Gasteiger partial charge in [-0.15, -0.1) is 0 Å². The second-order valence-corrected chi connectivity index (χ2v) is 4.25. The molecule has 1 amide bonds. The van der Waals surface area contributed by atoms with Gasteiger partial charge in [0.2, 0.25) is 0 Å². The fourth-order valence-corrected chi connectivity index (χ4v) is 1.84. The number of alkyl halides is 3. The number of hydrogen-bond donors (Lipinski definition) is 3. The monoisotopic (exact) mass is 306 g/mol. The topological polar surface area (TPSA) is 72.8 Å². The van der Waals surface area contributed by atoms with Crippen molar-refractivity contribution in [1.29, 1.82) is 0 Å². The van der Waals surface area contributed by atoms with Crippen LogP contribution < -0.4 is 5.32 Å². The van der Waals surface area contributed by atoms with E-state index in [0.29, 0.717) is 0 Å². The number of carbonyl (C=O) groups is 1. The average molecular weight is 306 g/mol. The van der Waals surface area contributed by atoms with E-state index in [0.717, 1.165) is 17.0 Å². The van der Waals surface area contributed by atoms with Crippen molar-refractivity contribution in [2.75, 3.05) is 38.7 Å². The fourth-order valence-electron chi connectivity index (χ4n) is 1.84. The van der Waals surface area contributed by atoms with Gasteiger partial charge in [-0.1, -0.05) is 0 Å². The highest BCUT2D eigenvalue weighted by atomic mass is 19.4. The second-order valence-electron chi connectivity index (χ2n) is 4.25. The predicted octanol–water partition coefficient (Wildman–Crippen LogP) is 1.17. The van der Waals surface area contributed by atoms with Gasteiger partial charge in [0.1, 0.15) is 0 Å². The van der Waals surface area contributed by atoms with E-state index >= 15 is 0 Å². The Hall–Kier alpha value is -1.80. The van der Waals surface area contributed by atoms with Crippen LogP contribution in [0.3, 0.4) is 0 Å². The minimum atomic E-state index is -4.56. The SMILES string of the molecule is CNc1ccc(C(F)(F)F)cc1C(=O)N(CCO)CCO. The molecule has 0 fully saturated rings. The van der Waals surface area contributed by atoms with Crippen molar-refractivity contribution in [2.45, 2.75) is 6.18 Å². The lowest BCUT2D eigenvalue weighted by molar-refractivity contribution is -0.137. The molecule has 0 aromatic heterocycles. The molecule has 0 radical (unpaired) electrons. The standard InChI is InChI=1S/C13H17F3N2O3/c1-17-11-3-2-9(13(14,15)16)8-10(11)12(21)18(4-6-19)5-7-20/h2-3,8,17,19-20H,4-7H2,1H3. The average Bonchev–Trinajstić information content (AvgIpc) is 2.44. The molecule has 0 saturated carbocycles. The van der Waals surface area contributed by atoms with Crippen molar-refractivity contribution in [2.24, 2.45) is 0 Å². The van der Waals surface area contributed by atoms with E-state index in [1.165, 1.54) is 13.1 Å². The number of nitrogens with one attached hydrogen (secondary N) is 1. The van der Waals surface area contributed by atoms with Crippen molar-refractivity contribution in [3.05, 3.63) is 29.3 Å². The number of amides is 1. The summed E-state index contributed by atoms with van der Waals surface area (Å²) in [7, 11) is 1.49. The summed E-state index contributed by atoms with van der Waals surface area (Å²) in [6.45, 7) is -0.837. The van der Waals surface area contributed by atoms with E-state index in [2.05, 4.69) is 5.32 Å². The molecule has 5 nitrogen and oxygen atoms in total. The first-order chi connectivity index (χ1) is 9.85. The van der Waals surface area contributed by atoms with Gasteiger partial charge in [0.25, 0.3) is 5.91 Å². The van der Waals surface area contributed by atoms with Crippen molar-refractivity contribution in [3.63, 3.8) is 0 Å². The van der Waals surface area contributed by atoms with Crippen LogP contribution in [0, 0.1) is 0 Å². The molecule has 1 aromatic carbocycles.